The van der Waals surface area contributed by atoms with Crippen LogP contribution in [-0.2, 0) is 0 Å². The second-order valence-electron chi connectivity index (χ2n) is 8.15. The Morgan fingerprint density at radius 2 is 0.900 bits per heavy atom. The molecule has 0 radical (unpaired) electrons. The summed E-state index contributed by atoms with van der Waals surface area (Å²) < 4.78 is 0. The number of rotatable bonds is 1. The van der Waals surface area contributed by atoms with E-state index in [0.717, 1.165) is 0 Å². The standard InChI is InChI=1S/C30H18/c1-2-7-21-19(6-1)12-14-28-24-11-5-10-22(27(24)17-16-26(21)28)20-13-15-29-23-8-3-4-9-25(23)30(29)18-20/h1-18H. The number of hydrogen-bond donors (Lipinski definition) is 0. The summed E-state index contributed by atoms with van der Waals surface area (Å²) in [5, 5.41) is 7.89. The van der Waals surface area contributed by atoms with Crippen LogP contribution >= 0.6 is 0 Å². The van der Waals surface area contributed by atoms with Crippen LogP contribution in [-0.4, -0.2) is 0 Å². The summed E-state index contributed by atoms with van der Waals surface area (Å²) in [7, 11) is 0. The summed E-state index contributed by atoms with van der Waals surface area (Å²) in [4.78, 5) is 0. The van der Waals surface area contributed by atoms with Gasteiger partial charge in [-0.25, -0.2) is 0 Å². The lowest BCUT2D eigenvalue weighted by molar-refractivity contribution is 1.52. The maximum atomic E-state index is 2.36. The molecule has 0 saturated carbocycles. The van der Waals surface area contributed by atoms with Crippen molar-refractivity contribution in [3.05, 3.63) is 109 Å². The molecule has 0 spiro atoms. The zero-order valence-corrected chi connectivity index (χ0v) is 16.4. The van der Waals surface area contributed by atoms with Gasteiger partial charge in [0, 0.05) is 0 Å². The van der Waals surface area contributed by atoms with Crippen molar-refractivity contribution in [1.82, 2.24) is 0 Å². The predicted octanol–water partition coefficient (Wildman–Crippen LogP) is 8.46. The summed E-state index contributed by atoms with van der Waals surface area (Å²) in [5.74, 6) is 0. The van der Waals surface area contributed by atoms with E-state index in [0.29, 0.717) is 0 Å². The van der Waals surface area contributed by atoms with E-state index < -0.39 is 0 Å². The number of benzene rings is 6. The van der Waals surface area contributed by atoms with Gasteiger partial charge in [-0.2, -0.15) is 0 Å². The van der Waals surface area contributed by atoms with Crippen molar-refractivity contribution in [3.8, 4) is 33.4 Å². The van der Waals surface area contributed by atoms with E-state index in [1.54, 1.807) is 0 Å². The van der Waals surface area contributed by atoms with E-state index in [4.69, 9.17) is 0 Å². The van der Waals surface area contributed by atoms with Crippen LogP contribution in [0.1, 0.15) is 0 Å². The van der Waals surface area contributed by atoms with Crippen molar-refractivity contribution in [2.45, 2.75) is 0 Å². The third kappa shape index (κ3) is 2.06. The maximum Gasteiger partial charge on any atom is -0.00928 e. The van der Waals surface area contributed by atoms with E-state index in [9.17, 15) is 0 Å². The van der Waals surface area contributed by atoms with Crippen LogP contribution in [0.5, 0.6) is 0 Å². The molecule has 0 N–H and O–H groups in total. The van der Waals surface area contributed by atoms with Crippen molar-refractivity contribution in [3.63, 3.8) is 0 Å². The fourth-order valence-corrected chi connectivity index (χ4v) is 5.17. The normalized spacial score (nSPS) is 12.0. The molecule has 1 aliphatic carbocycles. The largest absolute Gasteiger partial charge is 0.0616 e. The first kappa shape index (κ1) is 16.0. The van der Waals surface area contributed by atoms with Crippen LogP contribution in [0.4, 0.5) is 0 Å². The first-order valence-electron chi connectivity index (χ1n) is 10.5. The summed E-state index contributed by atoms with van der Waals surface area (Å²) in [5.41, 5.74) is 8.06. The van der Waals surface area contributed by atoms with Gasteiger partial charge in [-0.15, -0.1) is 0 Å². The molecule has 0 atom stereocenters. The lowest BCUT2D eigenvalue weighted by Crippen LogP contribution is -1.98. The van der Waals surface area contributed by atoms with Gasteiger partial charge in [-0.05, 0) is 71.8 Å². The molecule has 0 unspecified atom stereocenters. The molecular formula is C30H18. The first-order valence-corrected chi connectivity index (χ1v) is 10.5. The Bertz CT molecular complexity index is 1640. The van der Waals surface area contributed by atoms with Crippen molar-refractivity contribution >= 4 is 32.3 Å². The van der Waals surface area contributed by atoms with Crippen molar-refractivity contribution in [2.75, 3.05) is 0 Å². The molecule has 0 nitrogen and oxygen atoms in total. The monoisotopic (exact) mass is 378 g/mol. The van der Waals surface area contributed by atoms with Gasteiger partial charge in [0.1, 0.15) is 0 Å². The molecule has 0 heterocycles. The molecule has 0 fully saturated rings. The maximum absolute atomic E-state index is 2.36. The highest BCUT2D eigenvalue weighted by molar-refractivity contribution is 6.19. The Kier molecular flexibility index (Phi) is 3.09. The highest BCUT2D eigenvalue weighted by Gasteiger charge is 2.22. The fraction of sp³-hybridized carbons (Fsp3) is 0. The van der Waals surface area contributed by atoms with E-state index in [1.807, 2.05) is 0 Å². The van der Waals surface area contributed by atoms with Crippen molar-refractivity contribution < 1.29 is 0 Å². The Balaban J connectivity index is 1.48. The molecule has 7 rings (SSSR count). The van der Waals surface area contributed by atoms with E-state index >= 15 is 0 Å². The molecule has 6 aromatic carbocycles. The Hall–Kier alpha value is -3.90. The van der Waals surface area contributed by atoms with Crippen LogP contribution in [0.25, 0.3) is 65.7 Å². The molecule has 0 heteroatoms. The number of hydrogen-bond acceptors (Lipinski definition) is 0. The average Bonchev–Trinajstić information content (AvgIpc) is 2.81. The molecule has 1 aliphatic rings. The quantitative estimate of drug-likeness (QED) is 0.251. The fourth-order valence-electron chi connectivity index (χ4n) is 5.17. The smallest absolute Gasteiger partial charge is 0.00928 e. The van der Waals surface area contributed by atoms with E-state index in [-0.39, 0.29) is 0 Å². The first-order chi connectivity index (χ1) is 14.9. The van der Waals surface area contributed by atoms with Gasteiger partial charge in [0.05, 0.1) is 0 Å². The van der Waals surface area contributed by atoms with E-state index in [2.05, 4.69) is 109 Å². The van der Waals surface area contributed by atoms with Gasteiger partial charge in [-0.1, -0.05) is 103 Å². The summed E-state index contributed by atoms with van der Waals surface area (Å²) in [6.45, 7) is 0. The molecule has 6 aromatic rings. The average molecular weight is 378 g/mol. The molecular weight excluding hydrogens is 360 g/mol. The van der Waals surface area contributed by atoms with Gasteiger partial charge in [0.15, 0.2) is 0 Å². The molecule has 0 amide bonds. The third-order valence-electron chi connectivity index (χ3n) is 6.62. The van der Waals surface area contributed by atoms with Gasteiger partial charge >= 0.3 is 0 Å². The predicted molar refractivity (Wildman–Crippen MR) is 129 cm³/mol. The minimum Gasteiger partial charge on any atom is -0.0616 e. The molecule has 0 saturated heterocycles. The molecule has 0 bridgehead atoms. The van der Waals surface area contributed by atoms with Crippen LogP contribution < -0.4 is 0 Å². The highest BCUT2D eigenvalue weighted by atomic mass is 14.2. The lowest BCUT2D eigenvalue weighted by atomic mass is 9.79. The second kappa shape index (κ2) is 5.81. The molecule has 0 aromatic heterocycles. The summed E-state index contributed by atoms with van der Waals surface area (Å²) in [6, 6.07) is 40.1. The summed E-state index contributed by atoms with van der Waals surface area (Å²) in [6.07, 6.45) is 0. The molecule has 138 valence electrons. The van der Waals surface area contributed by atoms with Crippen LogP contribution in [0.15, 0.2) is 109 Å². The molecule has 0 aliphatic heterocycles. The topological polar surface area (TPSA) is 0 Å². The SMILES string of the molecule is c1ccc2c(c1)-c1ccc(-c3cccc4c3ccc3c5ccccc5ccc43)cc1-2. The Morgan fingerprint density at radius 1 is 0.300 bits per heavy atom. The van der Waals surface area contributed by atoms with Gasteiger partial charge in [0.2, 0.25) is 0 Å². The van der Waals surface area contributed by atoms with E-state index in [1.165, 1.54) is 65.7 Å². The van der Waals surface area contributed by atoms with Crippen molar-refractivity contribution in [2.24, 2.45) is 0 Å². The van der Waals surface area contributed by atoms with Gasteiger partial charge in [0.25, 0.3) is 0 Å². The van der Waals surface area contributed by atoms with Gasteiger partial charge in [-0.3, -0.25) is 0 Å². The van der Waals surface area contributed by atoms with Crippen LogP contribution in [0.3, 0.4) is 0 Å². The third-order valence-corrected chi connectivity index (χ3v) is 6.62. The Labute approximate surface area is 175 Å². The zero-order chi connectivity index (χ0) is 19.7. The zero-order valence-electron chi connectivity index (χ0n) is 16.4. The van der Waals surface area contributed by atoms with Crippen LogP contribution in [0.2, 0.25) is 0 Å². The highest BCUT2D eigenvalue weighted by Crippen LogP contribution is 2.48. The minimum absolute atomic E-state index is 1.29. The minimum atomic E-state index is 1.29. The lowest BCUT2D eigenvalue weighted by Gasteiger charge is -2.24. The van der Waals surface area contributed by atoms with Crippen LogP contribution in [0, 0.1) is 0 Å². The van der Waals surface area contributed by atoms with Gasteiger partial charge < -0.3 is 0 Å². The Morgan fingerprint density at radius 3 is 1.83 bits per heavy atom. The van der Waals surface area contributed by atoms with Crippen molar-refractivity contribution in [1.29, 1.82) is 0 Å². The second-order valence-corrected chi connectivity index (χ2v) is 8.15. The molecule has 30 heavy (non-hydrogen) atoms. The summed E-state index contributed by atoms with van der Waals surface area (Å²) >= 11 is 0. The number of fused-ring (bicyclic) bond motifs is 9.